The third kappa shape index (κ3) is 3.96. The van der Waals surface area contributed by atoms with Gasteiger partial charge >= 0.3 is 0 Å². The van der Waals surface area contributed by atoms with E-state index in [-0.39, 0.29) is 5.92 Å². The maximum atomic E-state index is 9.35. The van der Waals surface area contributed by atoms with Crippen LogP contribution in [0, 0.1) is 11.3 Å². The number of rotatable bonds is 6. The molecule has 0 fully saturated rings. The summed E-state index contributed by atoms with van der Waals surface area (Å²) in [7, 11) is 0. The second-order valence-corrected chi connectivity index (χ2v) is 5.20. The Morgan fingerprint density at radius 2 is 1.65 bits per heavy atom. The lowest BCUT2D eigenvalue weighted by Crippen LogP contribution is -1.98. The number of hydrogen-bond donors (Lipinski definition) is 0. The van der Waals surface area contributed by atoms with Crippen molar-refractivity contribution in [2.24, 2.45) is 0 Å². The predicted molar refractivity (Wildman–Crippen MR) is 83.6 cm³/mol. The third-order valence-corrected chi connectivity index (χ3v) is 3.61. The Labute approximate surface area is 121 Å². The normalized spacial score (nSPS) is 11.8. The topological polar surface area (TPSA) is 23.8 Å². The minimum atomic E-state index is -0.00830. The van der Waals surface area contributed by atoms with Crippen LogP contribution in [0.4, 0.5) is 0 Å². The lowest BCUT2D eigenvalue weighted by atomic mass is 9.93. The number of nitrogens with zero attached hydrogens (tertiary/aromatic N) is 1. The molecule has 0 radical (unpaired) electrons. The minimum Gasteiger partial charge on any atom is -0.198 e. The van der Waals surface area contributed by atoms with Crippen LogP contribution in [0.2, 0.25) is 0 Å². The molecule has 0 aliphatic heterocycles. The molecule has 0 amide bonds. The molecule has 0 unspecified atom stereocenters. The first kappa shape index (κ1) is 14.3. The quantitative estimate of drug-likeness (QED) is 0.728. The van der Waals surface area contributed by atoms with E-state index in [2.05, 4.69) is 37.3 Å². The van der Waals surface area contributed by atoms with Crippen LogP contribution in [-0.2, 0) is 12.8 Å². The van der Waals surface area contributed by atoms with Crippen LogP contribution in [-0.4, -0.2) is 0 Å². The van der Waals surface area contributed by atoms with Gasteiger partial charge in [-0.05, 0) is 36.0 Å². The Balaban J connectivity index is 2.00. The van der Waals surface area contributed by atoms with E-state index in [1.807, 2.05) is 30.3 Å². The van der Waals surface area contributed by atoms with Crippen LogP contribution in [0.25, 0.3) is 0 Å². The van der Waals surface area contributed by atoms with Crippen LogP contribution < -0.4 is 0 Å². The molecule has 1 heteroatoms. The summed E-state index contributed by atoms with van der Waals surface area (Å²) in [6.45, 7) is 2.20. The minimum absolute atomic E-state index is 0.00830. The van der Waals surface area contributed by atoms with Crippen LogP contribution in [0.5, 0.6) is 0 Å². The van der Waals surface area contributed by atoms with Gasteiger partial charge in [-0.3, -0.25) is 0 Å². The molecule has 2 rings (SSSR count). The van der Waals surface area contributed by atoms with E-state index in [1.54, 1.807) is 0 Å². The Hall–Kier alpha value is -2.07. The maximum Gasteiger partial charge on any atom is 0.0715 e. The first-order valence-electron chi connectivity index (χ1n) is 7.36. The molecule has 0 bridgehead atoms. The van der Waals surface area contributed by atoms with Gasteiger partial charge in [0, 0.05) is 0 Å². The zero-order valence-electron chi connectivity index (χ0n) is 12.0. The third-order valence-electron chi connectivity index (χ3n) is 3.61. The second kappa shape index (κ2) is 7.50. The second-order valence-electron chi connectivity index (χ2n) is 5.20. The standard InChI is InChI=1S/C19H21N/c1-2-7-16-8-6-9-17(14-16)12-13-19(15-20)18-10-4-3-5-11-18/h3-6,8-11,14,19H,2,7,12-13H2,1H3/t19-/m1/s1. The number of nitriles is 1. The van der Waals surface area contributed by atoms with Crippen molar-refractivity contribution in [2.45, 2.75) is 38.5 Å². The van der Waals surface area contributed by atoms with Crippen molar-refractivity contribution >= 4 is 0 Å². The molecule has 1 nitrogen and oxygen atoms in total. The Bertz CT molecular complexity index is 566. The summed E-state index contributed by atoms with van der Waals surface area (Å²) in [5.41, 5.74) is 3.87. The van der Waals surface area contributed by atoms with Crippen molar-refractivity contribution in [3.8, 4) is 6.07 Å². The lowest BCUT2D eigenvalue weighted by molar-refractivity contribution is 0.745. The van der Waals surface area contributed by atoms with Gasteiger partial charge in [-0.25, -0.2) is 0 Å². The van der Waals surface area contributed by atoms with Crippen LogP contribution in [0.15, 0.2) is 54.6 Å². The van der Waals surface area contributed by atoms with Gasteiger partial charge < -0.3 is 0 Å². The zero-order chi connectivity index (χ0) is 14.2. The van der Waals surface area contributed by atoms with E-state index in [9.17, 15) is 5.26 Å². The Kier molecular flexibility index (Phi) is 5.38. The van der Waals surface area contributed by atoms with Gasteiger partial charge in [0.25, 0.3) is 0 Å². The van der Waals surface area contributed by atoms with Crippen LogP contribution in [0.1, 0.15) is 42.4 Å². The summed E-state index contributed by atoms with van der Waals surface area (Å²) >= 11 is 0. The van der Waals surface area contributed by atoms with Gasteiger partial charge in [-0.15, -0.1) is 0 Å². The fourth-order valence-electron chi connectivity index (χ4n) is 2.53. The number of hydrogen-bond acceptors (Lipinski definition) is 1. The number of benzene rings is 2. The van der Waals surface area contributed by atoms with Crippen LogP contribution in [0.3, 0.4) is 0 Å². The van der Waals surface area contributed by atoms with Crippen molar-refractivity contribution in [1.82, 2.24) is 0 Å². The number of aryl methyl sites for hydroxylation is 2. The summed E-state index contributed by atoms with van der Waals surface area (Å²) in [4.78, 5) is 0. The maximum absolute atomic E-state index is 9.35. The largest absolute Gasteiger partial charge is 0.198 e. The molecular weight excluding hydrogens is 242 g/mol. The summed E-state index contributed by atoms with van der Waals surface area (Å²) in [5.74, 6) is -0.00830. The van der Waals surface area contributed by atoms with Crippen LogP contribution >= 0.6 is 0 Å². The van der Waals surface area contributed by atoms with E-state index in [0.29, 0.717) is 0 Å². The summed E-state index contributed by atoms with van der Waals surface area (Å²) < 4.78 is 0. The molecule has 1 atom stereocenters. The average molecular weight is 263 g/mol. The van der Waals surface area contributed by atoms with E-state index in [4.69, 9.17) is 0 Å². The fourth-order valence-corrected chi connectivity index (χ4v) is 2.53. The molecule has 2 aromatic rings. The summed E-state index contributed by atoms with van der Waals surface area (Å²) in [6.07, 6.45) is 4.16. The molecule has 102 valence electrons. The molecule has 0 aliphatic rings. The first-order chi connectivity index (χ1) is 9.83. The highest BCUT2D eigenvalue weighted by atomic mass is 14.3. The molecular formula is C19H21N. The monoisotopic (exact) mass is 263 g/mol. The highest BCUT2D eigenvalue weighted by Gasteiger charge is 2.10. The van der Waals surface area contributed by atoms with Gasteiger partial charge in [-0.1, -0.05) is 67.9 Å². The van der Waals surface area contributed by atoms with Gasteiger partial charge in [0.1, 0.15) is 0 Å². The smallest absolute Gasteiger partial charge is 0.0715 e. The molecule has 2 aromatic carbocycles. The van der Waals surface area contributed by atoms with Crippen molar-refractivity contribution in [3.63, 3.8) is 0 Å². The van der Waals surface area contributed by atoms with Crippen molar-refractivity contribution in [3.05, 3.63) is 71.3 Å². The van der Waals surface area contributed by atoms with Gasteiger partial charge in [0.2, 0.25) is 0 Å². The van der Waals surface area contributed by atoms with E-state index >= 15 is 0 Å². The molecule has 0 saturated carbocycles. The molecule has 0 aliphatic carbocycles. The Morgan fingerprint density at radius 1 is 0.950 bits per heavy atom. The van der Waals surface area contributed by atoms with E-state index < -0.39 is 0 Å². The predicted octanol–water partition coefficient (Wildman–Crippen LogP) is 4.88. The highest BCUT2D eigenvalue weighted by Crippen LogP contribution is 2.21. The molecule has 0 heterocycles. The molecule has 0 spiro atoms. The van der Waals surface area contributed by atoms with E-state index in [1.165, 1.54) is 17.5 Å². The van der Waals surface area contributed by atoms with Gasteiger partial charge in [0.15, 0.2) is 0 Å². The summed E-state index contributed by atoms with van der Waals surface area (Å²) in [6, 6.07) is 21.3. The zero-order valence-corrected chi connectivity index (χ0v) is 12.0. The fraction of sp³-hybridized carbons (Fsp3) is 0.316. The molecule has 0 N–H and O–H groups in total. The molecule has 0 aromatic heterocycles. The van der Waals surface area contributed by atoms with Gasteiger partial charge in [0.05, 0.1) is 12.0 Å². The van der Waals surface area contributed by atoms with E-state index in [0.717, 1.165) is 24.8 Å². The summed E-state index contributed by atoms with van der Waals surface area (Å²) in [5, 5.41) is 9.35. The average Bonchev–Trinajstić information content (AvgIpc) is 2.50. The molecule has 20 heavy (non-hydrogen) atoms. The first-order valence-corrected chi connectivity index (χ1v) is 7.36. The molecule has 0 saturated heterocycles. The Morgan fingerprint density at radius 3 is 2.30 bits per heavy atom. The van der Waals surface area contributed by atoms with Gasteiger partial charge in [-0.2, -0.15) is 5.26 Å². The highest BCUT2D eigenvalue weighted by molar-refractivity contribution is 5.27. The van der Waals surface area contributed by atoms with Crippen molar-refractivity contribution in [2.75, 3.05) is 0 Å². The SMILES string of the molecule is CCCc1cccc(CC[C@H](C#N)c2ccccc2)c1. The van der Waals surface area contributed by atoms with Crippen molar-refractivity contribution in [1.29, 1.82) is 5.26 Å². The lowest BCUT2D eigenvalue weighted by Gasteiger charge is -2.10. The van der Waals surface area contributed by atoms with Crippen molar-refractivity contribution < 1.29 is 0 Å².